The van der Waals surface area contributed by atoms with E-state index in [0.717, 1.165) is 11.3 Å². The fourth-order valence-electron chi connectivity index (χ4n) is 1.80. The number of aliphatic hydroxyl groups is 1. The van der Waals surface area contributed by atoms with Crippen LogP contribution < -0.4 is 10.1 Å². The zero-order chi connectivity index (χ0) is 11.5. The highest BCUT2D eigenvalue weighted by atomic mass is 35.5. The Kier molecular flexibility index (Phi) is 3.69. The van der Waals surface area contributed by atoms with E-state index in [2.05, 4.69) is 5.32 Å². The summed E-state index contributed by atoms with van der Waals surface area (Å²) in [6, 6.07) is 5.89. The standard InChI is InChI=1S/C12H16ClNO2/c1-16-11-4-2-3-9(13)12(11)10(7-15)14-8-5-6-8/h2-4,8,10,14-15H,5-7H2,1H3. The van der Waals surface area contributed by atoms with Crippen molar-refractivity contribution >= 4 is 11.6 Å². The molecule has 1 saturated carbocycles. The van der Waals surface area contributed by atoms with Gasteiger partial charge in [0.2, 0.25) is 0 Å². The van der Waals surface area contributed by atoms with Gasteiger partial charge in [-0.05, 0) is 25.0 Å². The Hall–Kier alpha value is -0.770. The van der Waals surface area contributed by atoms with Gasteiger partial charge < -0.3 is 15.2 Å². The van der Waals surface area contributed by atoms with E-state index in [1.807, 2.05) is 18.2 Å². The lowest BCUT2D eigenvalue weighted by atomic mass is 10.1. The molecule has 1 aliphatic rings. The molecule has 3 nitrogen and oxygen atoms in total. The molecule has 16 heavy (non-hydrogen) atoms. The predicted octanol–water partition coefficient (Wildman–Crippen LogP) is 2.13. The molecular weight excluding hydrogens is 226 g/mol. The number of benzene rings is 1. The minimum absolute atomic E-state index is 0.0244. The van der Waals surface area contributed by atoms with Crippen LogP contribution in [0, 0.1) is 0 Å². The molecule has 1 aromatic carbocycles. The van der Waals surface area contributed by atoms with Gasteiger partial charge in [0.05, 0.1) is 19.8 Å². The van der Waals surface area contributed by atoms with E-state index in [0.29, 0.717) is 11.1 Å². The first-order valence-corrected chi connectivity index (χ1v) is 5.83. The molecule has 1 atom stereocenters. The summed E-state index contributed by atoms with van der Waals surface area (Å²) in [5.74, 6) is 0.722. The number of rotatable bonds is 5. The lowest BCUT2D eigenvalue weighted by Crippen LogP contribution is -2.27. The van der Waals surface area contributed by atoms with Gasteiger partial charge in [-0.3, -0.25) is 0 Å². The molecule has 2 N–H and O–H groups in total. The fraction of sp³-hybridized carbons (Fsp3) is 0.500. The molecule has 0 saturated heterocycles. The van der Waals surface area contributed by atoms with Crippen LogP contribution in [0.3, 0.4) is 0 Å². The Morgan fingerprint density at radius 3 is 2.88 bits per heavy atom. The van der Waals surface area contributed by atoms with Crippen molar-refractivity contribution in [2.75, 3.05) is 13.7 Å². The maximum atomic E-state index is 9.42. The minimum atomic E-state index is -0.142. The van der Waals surface area contributed by atoms with Crippen molar-refractivity contribution in [1.29, 1.82) is 0 Å². The second-order valence-electron chi connectivity index (χ2n) is 4.03. The van der Waals surface area contributed by atoms with Crippen LogP contribution in [-0.2, 0) is 0 Å². The molecule has 1 unspecified atom stereocenters. The molecule has 1 aromatic rings. The Morgan fingerprint density at radius 2 is 2.31 bits per heavy atom. The first-order valence-electron chi connectivity index (χ1n) is 5.45. The van der Waals surface area contributed by atoms with E-state index in [1.165, 1.54) is 12.8 Å². The summed E-state index contributed by atoms with van der Waals surface area (Å²) < 4.78 is 5.28. The van der Waals surface area contributed by atoms with Crippen LogP contribution in [0.25, 0.3) is 0 Å². The van der Waals surface area contributed by atoms with Crippen LogP contribution in [0.2, 0.25) is 5.02 Å². The van der Waals surface area contributed by atoms with Crippen LogP contribution in [0.5, 0.6) is 5.75 Å². The second-order valence-corrected chi connectivity index (χ2v) is 4.44. The third-order valence-electron chi connectivity index (χ3n) is 2.78. The van der Waals surface area contributed by atoms with E-state index >= 15 is 0 Å². The zero-order valence-corrected chi connectivity index (χ0v) is 10.00. The summed E-state index contributed by atoms with van der Waals surface area (Å²) in [5, 5.41) is 13.4. The third kappa shape index (κ3) is 2.48. The van der Waals surface area contributed by atoms with Gasteiger partial charge in [-0.25, -0.2) is 0 Å². The van der Waals surface area contributed by atoms with E-state index < -0.39 is 0 Å². The largest absolute Gasteiger partial charge is 0.496 e. The average Bonchev–Trinajstić information content (AvgIpc) is 3.10. The molecule has 0 spiro atoms. The molecule has 0 aliphatic heterocycles. The Balaban J connectivity index is 2.26. The minimum Gasteiger partial charge on any atom is -0.496 e. The summed E-state index contributed by atoms with van der Waals surface area (Å²) in [7, 11) is 1.61. The van der Waals surface area contributed by atoms with Gasteiger partial charge in [-0.15, -0.1) is 0 Å². The quantitative estimate of drug-likeness (QED) is 0.830. The third-order valence-corrected chi connectivity index (χ3v) is 3.11. The van der Waals surface area contributed by atoms with Gasteiger partial charge in [-0.1, -0.05) is 17.7 Å². The van der Waals surface area contributed by atoms with Gasteiger partial charge in [0.1, 0.15) is 5.75 Å². The highest BCUT2D eigenvalue weighted by Gasteiger charge is 2.27. The Labute approximate surface area is 100 Å². The molecule has 88 valence electrons. The van der Waals surface area contributed by atoms with Crippen molar-refractivity contribution in [2.24, 2.45) is 0 Å². The van der Waals surface area contributed by atoms with Gasteiger partial charge in [-0.2, -0.15) is 0 Å². The first-order chi connectivity index (χ1) is 7.76. The van der Waals surface area contributed by atoms with Gasteiger partial charge in [0, 0.05) is 16.6 Å². The van der Waals surface area contributed by atoms with Crippen LogP contribution in [0.15, 0.2) is 18.2 Å². The van der Waals surface area contributed by atoms with Gasteiger partial charge in [0.25, 0.3) is 0 Å². The lowest BCUT2D eigenvalue weighted by Gasteiger charge is -2.20. The maximum Gasteiger partial charge on any atom is 0.125 e. The second kappa shape index (κ2) is 5.04. The number of hydrogen-bond acceptors (Lipinski definition) is 3. The summed E-state index contributed by atoms with van der Waals surface area (Å²) in [5.41, 5.74) is 0.848. The number of ether oxygens (including phenoxy) is 1. The van der Waals surface area contributed by atoms with Crippen molar-refractivity contribution in [3.05, 3.63) is 28.8 Å². The highest BCUT2D eigenvalue weighted by Crippen LogP contribution is 2.34. The van der Waals surface area contributed by atoms with Crippen LogP contribution in [0.1, 0.15) is 24.4 Å². The van der Waals surface area contributed by atoms with Crippen molar-refractivity contribution < 1.29 is 9.84 Å². The Morgan fingerprint density at radius 1 is 1.56 bits per heavy atom. The molecule has 2 rings (SSSR count). The molecule has 0 radical (unpaired) electrons. The smallest absolute Gasteiger partial charge is 0.125 e. The summed E-state index contributed by atoms with van der Waals surface area (Å²) in [4.78, 5) is 0. The van der Waals surface area contributed by atoms with E-state index in [4.69, 9.17) is 16.3 Å². The summed E-state index contributed by atoms with van der Waals surface area (Å²) in [6.45, 7) is 0.0244. The molecule has 1 aliphatic carbocycles. The SMILES string of the molecule is COc1cccc(Cl)c1C(CO)NC1CC1. The van der Waals surface area contributed by atoms with Crippen molar-refractivity contribution in [2.45, 2.75) is 24.9 Å². The lowest BCUT2D eigenvalue weighted by molar-refractivity contribution is 0.240. The monoisotopic (exact) mass is 241 g/mol. The topological polar surface area (TPSA) is 41.5 Å². The van der Waals surface area contributed by atoms with Crippen molar-refractivity contribution in [3.63, 3.8) is 0 Å². The van der Waals surface area contributed by atoms with E-state index in [-0.39, 0.29) is 12.6 Å². The van der Waals surface area contributed by atoms with Crippen molar-refractivity contribution in [3.8, 4) is 5.75 Å². The zero-order valence-electron chi connectivity index (χ0n) is 9.24. The summed E-state index contributed by atoms with van der Waals surface area (Å²) in [6.07, 6.45) is 2.34. The Bertz CT molecular complexity index is 366. The van der Waals surface area contributed by atoms with Crippen LogP contribution >= 0.6 is 11.6 Å². The number of methoxy groups -OCH3 is 1. The maximum absolute atomic E-state index is 9.42. The van der Waals surface area contributed by atoms with Gasteiger partial charge >= 0.3 is 0 Å². The number of halogens is 1. The highest BCUT2D eigenvalue weighted by molar-refractivity contribution is 6.31. The van der Waals surface area contributed by atoms with Crippen LogP contribution in [-0.4, -0.2) is 24.9 Å². The van der Waals surface area contributed by atoms with Crippen molar-refractivity contribution in [1.82, 2.24) is 5.32 Å². The molecule has 0 heterocycles. The number of hydrogen-bond donors (Lipinski definition) is 2. The van der Waals surface area contributed by atoms with Gasteiger partial charge in [0.15, 0.2) is 0 Å². The number of aliphatic hydroxyl groups excluding tert-OH is 1. The molecule has 4 heteroatoms. The normalized spacial score (nSPS) is 17.2. The molecule has 0 amide bonds. The average molecular weight is 242 g/mol. The molecule has 0 bridgehead atoms. The predicted molar refractivity (Wildman–Crippen MR) is 64.0 cm³/mol. The molecule has 0 aromatic heterocycles. The van der Waals surface area contributed by atoms with E-state index in [1.54, 1.807) is 7.11 Å². The number of nitrogens with one attached hydrogen (secondary N) is 1. The summed E-state index contributed by atoms with van der Waals surface area (Å²) >= 11 is 6.15. The molecule has 1 fully saturated rings. The van der Waals surface area contributed by atoms with E-state index in [9.17, 15) is 5.11 Å². The molecular formula is C12H16ClNO2. The first kappa shape index (κ1) is 11.7. The van der Waals surface area contributed by atoms with Crippen LogP contribution in [0.4, 0.5) is 0 Å². The fourth-order valence-corrected chi connectivity index (χ4v) is 2.09.